The molecule has 0 atom stereocenters. The molecular weight excluding hydrogens is 258 g/mol. The number of piperazine rings is 1. The zero-order valence-corrected chi connectivity index (χ0v) is 11.5. The minimum absolute atomic E-state index is 0.0499. The van der Waals surface area contributed by atoms with Crippen molar-refractivity contribution in [2.75, 3.05) is 52.2 Å². The Kier molecular flexibility index (Phi) is 6.55. The van der Waals surface area contributed by atoms with E-state index in [1.165, 1.54) is 11.4 Å². The van der Waals surface area contributed by atoms with Gasteiger partial charge in [-0.25, -0.2) is 8.42 Å². The maximum absolute atomic E-state index is 11.9. The first kappa shape index (κ1) is 15.4. The van der Waals surface area contributed by atoms with Crippen LogP contribution in [-0.4, -0.2) is 70.8 Å². The fourth-order valence-corrected chi connectivity index (χ4v) is 3.01. The van der Waals surface area contributed by atoms with Crippen molar-refractivity contribution in [1.82, 2.24) is 14.9 Å². The molecule has 1 heterocycles. The molecule has 0 aromatic rings. The first-order chi connectivity index (χ1) is 8.56. The maximum atomic E-state index is 11.9. The molecule has 1 rings (SSSR count). The first-order valence-corrected chi connectivity index (χ1v) is 7.61. The summed E-state index contributed by atoms with van der Waals surface area (Å²) in [6.45, 7) is 2.85. The van der Waals surface area contributed by atoms with E-state index in [0.717, 1.165) is 0 Å². The SMILES string of the molecule is COCCC(=O)NCCS(=O)(=O)N1CCNCC1. The Hall–Kier alpha value is -0.700. The van der Waals surface area contributed by atoms with Crippen LogP contribution in [0.2, 0.25) is 0 Å². The van der Waals surface area contributed by atoms with Crippen LogP contribution < -0.4 is 10.6 Å². The lowest BCUT2D eigenvalue weighted by molar-refractivity contribution is -0.121. The van der Waals surface area contributed by atoms with E-state index in [4.69, 9.17) is 4.74 Å². The van der Waals surface area contributed by atoms with Crippen LogP contribution in [0, 0.1) is 0 Å². The second-order valence-corrected chi connectivity index (χ2v) is 6.15. The van der Waals surface area contributed by atoms with Crippen molar-refractivity contribution < 1.29 is 17.9 Å². The van der Waals surface area contributed by atoms with Gasteiger partial charge in [0.2, 0.25) is 15.9 Å². The number of sulfonamides is 1. The molecule has 0 spiro atoms. The lowest BCUT2D eigenvalue weighted by atomic mass is 10.4. The number of methoxy groups -OCH3 is 1. The molecule has 0 radical (unpaired) electrons. The van der Waals surface area contributed by atoms with Gasteiger partial charge in [0.25, 0.3) is 0 Å². The minimum atomic E-state index is -3.25. The molecule has 2 N–H and O–H groups in total. The number of nitrogens with one attached hydrogen (secondary N) is 2. The summed E-state index contributed by atoms with van der Waals surface area (Å²) in [7, 11) is -1.74. The summed E-state index contributed by atoms with van der Waals surface area (Å²) in [4.78, 5) is 11.3. The molecule has 106 valence electrons. The Labute approximate surface area is 108 Å². The largest absolute Gasteiger partial charge is 0.384 e. The van der Waals surface area contributed by atoms with Gasteiger partial charge < -0.3 is 15.4 Å². The highest BCUT2D eigenvalue weighted by atomic mass is 32.2. The second-order valence-electron chi connectivity index (χ2n) is 4.06. The van der Waals surface area contributed by atoms with Crippen molar-refractivity contribution in [3.05, 3.63) is 0 Å². The molecule has 18 heavy (non-hydrogen) atoms. The van der Waals surface area contributed by atoms with E-state index in [1.807, 2.05) is 0 Å². The third-order valence-corrected chi connectivity index (χ3v) is 4.56. The van der Waals surface area contributed by atoms with Crippen molar-refractivity contribution in [2.24, 2.45) is 0 Å². The molecule has 0 aliphatic carbocycles. The molecule has 0 aromatic carbocycles. The zero-order chi connectivity index (χ0) is 13.4. The molecule has 0 saturated carbocycles. The third kappa shape index (κ3) is 5.30. The summed E-state index contributed by atoms with van der Waals surface area (Å²) in [5.74, 6) is -0.238. The van der Waals surface area contributed by atoms with Gasteiger partial charge in [-0.05, 0) is 0 Å². The number of carbonyl (C=O) groups excluding carboxylic acids is 1. The summed E-state index contributed by atoms with van der Waals surface area (Å²) < 4.78 is 30.0. The molecule has 1 aliphatic rings. The van der Waals surface area contributed by atoms with Gasteiger partial charge in [0, 0.05) is 46.3 Å². The van der Waals surface area contributed by atoms with Crippen LogP contribution in [0.1, 0.15) is 6.42 Å². The third-order valence-electron chi connectivity index (χ3n) is 2.68. The van der Waals surface area contributed by atoms with Crippen LogP contribution in [0.15, 0.2) is 0 Å². The average molecular weight is 279 g/mol. The van der Waals surface area contributed by atoms with Crippen LogP contribution in [0.3, 0.4) is 0 Å². The van der Waals surface area contributed by atoms with Crippen molar-refractivity contribution in [3.63, 3.8) is 0 Å². The quantitative estimate of drug-likeness (QED) is 0.584. The van der Waals surface area contributed by atoms with E-state index in [-0.39, 0.29) is 24.6 Å². The molecule has 0 unspecified atom stereocenters. The van der Waals surface area contributed by atoms with E-state index in [1.54, 1.807) is 0 Å². The molecule has 1 amide bonds. The zero-order valence-electron chi connectivity index (χ0n) is 10.6. The Morgan fingerprint density at radius 1 is 1.39 bits per heavy atom. The molecule has 0 bridgehead atoms. The van der Waals surface area contributed by atoms with Crippen molar-refractivity contribution >= 4 is 15.9 Å². The monoisotopic (exact) mass is 279 g/mol. The predicted molar refractivity (Wildman–Crippen MR) is 67.7 cm³/mol. The van der Waals surface area contributed by atoms with Crippen LogP contribution in [0.4, 0.5) is 0 Å². The van der Waals surface area contributed by atoms with Gasteiger partial charge in [0.1, 0.15) is 0 Å². The number of hydrogen-bond acceptors (Lipinski definition) is 5. The summed E-state index contributed by atoms with van der Waals surface area (Å²) in [5, 5.41) is 5.67. The van der Waals surface area contributed by atoms with Gasteiger partial charge in [-0.1, -0.05) is 0 Å². The van der Waals surface area contributed by atoms with E-state index in [9.17, 15) is 13.2 Å². The molecule has 8 heteroatoms. The standard InChI is InChI=1S/C10H21N3O4S/c1-17-8-2-10(14)12-5-9-18(15,16)13-6-3-11-4-7-13/h11H,2-9H2,1H3,(H,12,14). The summed E-state index contributed by atoms with van der Waals surface area (Å²) in [6, 6.07) is 0. The summed E-state index contributed by atoms with van der Waals surface area (Å²) in [6.07, 6.45) is 0.254. The molecular formula is C10H21N3O4S. The van der Waals surface area contributed by atoms with E-state index >= 15 is 0 Å². The Morgan fingerprint density at radius 3 is 2.67 bits per heavy atom. The Morgan fingerprint density at radius 2 is 2.06 bits per heavy atom. The van der Waals surface area contributed by atoms with Crippen molar-refractivity contribution in [3.8, 4) is 0 Å². The first-order valence-electron chi connectivity index (χ1n) is 6.00. The molecule has 0 aromatic heterocycles. The molecule has 7 nitrogen and oxygen atoms in total. The number of hydrogen-bond donors (Lipinski definition) is 2. The smallest absolute Gasteiger partial charge is 0.222 e. The normalized spacial score (nSPS) is 17.6. The minimum Gasteiger partial charge on any atom is -0.384 e. The fourth-order valence-electron chi connectivity index (χ4n) is 1.65. The number of amides is 1. The Balaban J connectivity index is 2.26. The fraction of sp³-hybridized carbons (Fsp3) is 0.900. The van der Waals surface area contributed by atoms with Gasteiger partial charge in [-0.3, -0.25) is 4.79 Å². The highest BCUT2D eigenvalue weighted by Gasteiger charge is 2.23. The van der Waals surface area contributed by atoms with Gasteiger partial charge in [-0.2, -0.15) is 4.31 Å². The van der Waals surface area contributed by atoms with Crippen LogP contribution in [-0.2, 0) is 19.6 Å². The summed E-state index contributed by atoms with van der Waals surface area (Å²) >= 11 is 0. The number of ether oxygens (including phenoxy) is 1. The van der Waals surface area contributed by atoms with Crippen LogP contribution in [0.5, 0.6) is 0 Å². The number of carbonyl (C=O) groups is 1. The van der Waals surface area contributed by atoms with Crippen molar-refractivity contribution in [1.29, 1.82) is 0 Å². The lowest BCUT2D eigenvalue weighted by Crippen LogP contribution is -2.48. The number of rotatable bonds is 7. The molecule has 1 saturated heterocycles. The molecule has 1 aliphatic heterocycles. The highest BCUT2D eigenvalue weighted by Crippen LogP contribution is 2.02. The van der Waals surface area contributed by atoms with Gasteiger partial charge in [0.15, 0.2) is 0 Å². The summed E-state index contributed by atoms with van der Waals surface area (Å²) in [5.41, 5.74) is 0. The van der Waals surface area contributed by atoms with Crippen molar-refractivity contribution in [2.45, 2.75) is 6.42 Å². The van der Waals surface area contributed by atoms with Crippen LogP contribution in [0.25, 0.3) is 0 Å². The number of nitrogens with zero attached hydrogens (tertiary/aromatic N) is 1. The average Bonchev–Trinajstić information content (AvgIpc) is 2.37. The van der Waals surface area contributed by atoms with Crippen LogP contribution >= 0.6 is 0 Å². The van der Waals surface area contributed by atoms with Gasteiger partial charge >= 0.3 is 0 Å². The maximum Gasteiger partial charge on any atom is 0.222 e. The van der Waals surface area contributed by atoms with E-state index in [2.05, 4.69) is 10.6 Å². The van der Waals surface area contributed by atoms with E-state index in [0.29, 0.717) is 32.8 Å². The molecule has 1 fully saturated rings. The predicted octanol–water partition coefficient (Wildman–Crippen LogP) is -1.63. The highest BCUT2D eigenvalue weighted by molar-refractivity contribution is 7.89. The van der Waals surface area contributed by atoms with E-state index < -0.39 is 10.0 Å². The topological polar surface area (TPSA) is 87.7 Å². The van der Waals surface area contributed by atoms with Gasteiger partial charge in [0.05, 0.1) is 12.4 Å². The Bertz CT molecular complexity index is 352. The van der Waals surface area contributed by atoms with Gasteiger partial charge in [-0.15, -0.1) is 0 Å². The second kappa shape index (κ2) is 7.67. The lowest BCUT2D eigenvalue weighted by Gasteiger charge is -2.26.